The maximum absolute atomic E-state index is 12.4. The van der Waals surface area contributed by atoms with Crippen molar-refractivity contribution in [2.24, 2.45) is 4.99 Å². The Kier molecular flexibility index (Phi) is 8.97. The summed E-state index contributed by atoms with van der Waals surface area (Å²) in [6.07, 6.45) is 3.65. The predicted octanol–water partition coefficient (Wildman–Crippen LogP) is 4.45. The van der Waals surface area contributed by atoms with Crippen LogP contribution in [0.4, 0.5) is 5.69 Å². The highest BCUT2D eigenvalue weighted by molar-refractivity contribution is 5.95. The Morgan fingerprint density at radius 2 is 1.81 bits per heavy atom. The van der Waals surface area contributed by atoms with Gasteiger partial charge in [0.2, 0.25) is 0 Å². The lowest BCUT2D eigenvalue weighted by molar-refractivity contribution is -0.736. The molecule has 2 aromatic rings. The number of benzene rings is 2. The third-order valence-electron chi connectivity index (χ3n) is 4.26. The van der Waals surface area contributed by atoms with E-state index in [1.54, 1.807) is 66.6 Å². The Morgan fingerprint density at radius 3 is 2.42 bits per heavy atom. The molecule has 0 aliphatic rings. The molecule has 0 bridgehead atoms. The lowest BCUT2D eigenvalue weighted by atomic mass is 10.2. The highest BCUT2D eigenvalue weighted by Crippen LogP contribution is 2.32. The van der Waals surface area contributed by atoms with E-state index in [1.165, 1.54) is 13.3 Å². The van der Waals surface area contributed by atoms with Crippen LogP contribution in [0.5, 0.6) is 17.2 Å². The van der Waals surface area contributed by atoms with Gasteiger partial charge in [-0.2, -0.15) is 0 Å². The second-order valence-corrected chi connectivity index (χ2v) is 6.34. The Bertz CT molecular complexity index is 954. The van der Waals surface area contributed by atoms with Gasteiger partial charge in [-0.25, -0.2) is 4.84 Å². The van der Waals surface area contributed by atoms with Crippen molar-refractivity contribution in [1.29, 1.82) is 0 Å². The quantitative estimate of drug-likeness (QED) is 0.371. The molecule has 0 radical (unpaired) electrons. The first-order valence-corrected chi connectivity index (χ1v) is 9.53. The average molecular weight is 424 g/mol. The van der Waals surface area contributed by atoms with Crippen LogP contribution in [0.1, 0.15) is 6.42 Å². The standard InChI is InChI=1S/C23H26N3O5/c1-5-18(24-6-2)15-16-25(3)23(27)17-30-21-9-7-8-10-22(21)31-20-13-11-19(12-14-20)26(28)29-4/h5-14H,1-2,15-17H2,3-4H3/q+1. The maximum Gasteiger partial charge on any atom is 0.317 e. The van der Waals surface area contributed by atoms with Crippen LogP contribution in [-0.4, -0.2) is 48.8 Å². The van der Waals surface area contributed by atoms with Crippen molar-refractivity contribution in [3.8, 4) is 17.2 Å². The first-order chi connectivity index (χ1) is 15.0. The molecule has 0 saturated heterocycles. The van der Waals surface area contributed by atoms with E-state index in [0.717, 1.165) is 5.71 Å². The largest absolute Gasteiger partial charge is 0.480 e. The van der Waals surface area contributed by atoms with E-state index in [9.17, 15) is 9.70 Å². The summed E-state index contributed by atoms with van der Waals surface area (Å²) in [5.41, 5.74) is 1.09. The Labute approximate surface area is 181 Å². The van der Waals surface area contributed by atoms with Crippen molar-refractivity contribution in [3.05, 3.63) is 78.9 Å². The number of hydrogen-bond acceptors (Lipinski definition) is 6. The van der Waals surface area contributed by atoms with E-state index in [1.807, 2.05) is 0 Å². The molecule has 2 rings (SSSR count). The zero-order valence-corrected chi connectivity index (χ0v) is 17.7. The first-order valence-electron chi connectivity index (χ1n) is 9.53. The lowest BCUT2D eigenvalue weighted by Gasteiger charge is -2.18. The zero-order valence-electron chi connectivity index (χ0n) is 17.7. The molecule has 0 aliphatic heterocycles. The molecule has 0 aromatic heterocycles. The van der Waals surface area contributed by atoms with E-state index in [-0.39, 0.29) is 12.5 Å². The number of aliphatic imine (C=N–C) groups is 1. The van der Waals surface area contributed by atoms with Crippen LogP contribution < -0.4 is 9.47 Å². The highest BCUT2D eigenvalue weighted by Gasteiger charge is 2.15. The van der Waals surface area contributed by atoms with Crippen LogP contribution in [0, 0.1) is 4.91 Å². The van der Waals surface area contributed by atoms with Crippen LogP contribution in [-0.2, 0) is 9.63 Å². The van der Waals surface area contributed by atoms with Gasteiger partial charge in [0.25, 0.3) is 10.8 Å². The summed E-state index contributed by atoms with van der Waals surface area (Å²) in [6.45, 7) is 7.59. The number of nitrogens with zero attached hydrogens (tertiary/aromatic N) is 3. The molecule has 0 aliphatic carbocycles. The fourth-order valence-corrected chi connectivity index (χ4v) is 2.52. The van der Waals surface area contributed by atoms with Crippen LogP contribution in [0.3, 0.4) is 0 Å². The lowest BCUT2D eigenvalue weighted by Crippen LogP contribution is -2.33. The summed E-state index contributed by atoms with van der Waals surface area (Å²) >= 11 is 0. The molecule has 31 heavy (non-hydrogen) atoms. The van der Waals surface area contributed by atoms with Crippen molar-refractivity contribution < 1.29 is 24.0 Å². The second kappa shape index (κ2) is 11.9. The van der Waals surface area contributed by atoms with Crippen LogP contribution in [0.25, 0.3) is 0 Å². The summed E-state index contributed by atoms with van der Waals surface area (Å²) in [5, 5.41) is 0. The van der Waals surface area contributed by atoms with E-state index in [0.29, 0.717) is 40.8 Å². The number of carbonyl (C=O) groups excluding carboxylic acids is 1. The zero-order chi connectivity index (χ0) is 22.6. The third-order valence-corrected chi connectivity index (χ3v) is 4.26. The minimum Gasteiger partial charge on any atom is -0.480 e. The SMILES string of the molecule is C=CN=C(C=C)CCN(C)C(=O)COc1ccccc1Oc1ccc([N+](=O)OC)cc1. The van der Waals surface area contributed by atoms with Gasteiger partial charge in [-0.15, -0.1) is 0 Å². The Morgan fingerprint density at radius 1 is 1.13 bits per heavy atom. The van der Waals surface area contributed by atoms with Crippen LogP contribution >= 0.6 is 0 Å². The molecule has 0 saturated carbocycles. The van der Waals surface area contributed by atoms with Gasteiger partial charge in [0.15, 0.2) is 25.2 Å². The summed E-state index contributed by atoms with van der Waals surface area (Å²) < 4.78 is 11.5. The van der Waals surface area contributed by atoms with Gasteiger partial charge in [-0.3, -0.25) is 9.79 Å². The van der Waals surface area contributed by atoms with Gasteiger partial charge in [0.05, 0.1) is 4.91 Å². The van der Waals surface area contributed by atoms with Gasteiger partial charge in [-0.05, 0) is 30.3 Å². The molecule has 0 fully saturated rings. The molecular formula is C23H26N3O5+. The highest BCUT2D eigenvalue weighted by atomic mass is 16.8. The van der Waals surface area contributed by atoms with Gasteiger partial charge < -0.3 is 14.4 Å². The number of allylic oxidation sites excluding steroid dienone is 1. The average Bonchev–Trinajstić information content (AvgIpc) is 2.80. The second-order valence-electron chi connectivity index (χ2n) is 6.34. The van der Waals surface area contributed by atoms with Crippen molar-refractivity contribution in [1.82, 2.24) is 4.90 Å². The minimum absolute atomic E-state index is 0.142. The fourth-order valence-electron chi connectivity index (χ4n) is 2.52. The molecule has 2 aromatic carbocycles. The first kappa shape index (κ1) is 23.3. The van der Waals surface area contributed by atoms with Gasteiger partial charge in [-0.1, -0.05) is 25.3 Å². The number of likely N-dealkylation sites (N-methyl/N-ethyl adjacent to an activating group) is 1. The van der Waals surface area contributed by atoms with E-state index in [2.05, 4.69) is 23.0 Å². The summed E-state index contributed by atoms with van der Waals surface area (Å²) in [4.78, 5) is 34.5. The number of hydrogen-bond donors (Lipinski definition) is 0. The minimum atomic E-state index is -0.184. The van der Waals surface area contributed by atoms with Crippen molar-refractivity contribution in [3.63, 3.8) is 0 Å². The van der Waals surface area contributed by atoms with Crippen molar-refractivity contribution in [2.45, 2.75) is 6.42 Å². The maximum atomic E-state index is 12.4. The molecular weight excluding hydrogens is 398 g/mol. The molecule has 0 unspecified atom stereocenters. The fraction of sp³-hybridized carbons (Fsp3) is 0.217. The van der Waals surface area contributed by atoms with Crippen molar-refractivity contribution in [2.75, 3.05) is 27.3 Å². The van der Waals surface area contributed by atoms with Gasteiger partial charge >= 0.3 is 5.69 Å². The number of carbonyl (C=O) groups is 1. The molecule has 0 N–H and O–H groups in total. The number of rotatable bonds is 12. The number of ether oxygens (including phenoxy) is 2. The number of amides is 1. The van der Waals surface area contributed by atoms with E-state index in [4.69, 9.17) is 9.47 Å². The molecule has 0 atom stereocenters. The predicted molar refractivity (Wildman–Crippen MR) is 119 cm³/mol. The Balaban J connectivity index is 1.96. The molecule has 0 heterocycles. The molecule has 0 spiro atoms. The van der Waals surface area contributed by atoms with Gasteiger partial charge in [0, 0.05) is 44.1 Å². The van der Waals surface area contributed by atoms with E-state index >= 15 is 0 Å². The van der Waals surface area contributed by atoms with Crippen molar-refractivity contribution >= 4 is 17.3 Å². The van der Waals surface area contributed by atoms with Crippen LogP contribution in [0.2, 0.25) is 0 Å². The summed E-state index contributed by atoms with van der Waals surface area (Å²) in [6, 6.07) is 13.4. The summed E-state index contributed by atoms with van der Waals surface area (Å²) in [7, 11) is 2.99. The normalized spacial score (nSPS) is 10.7. The third kappa shape index (κ3) is 7.11. The molecule has 8 heteroatoms. The molecule has 162 valence electrons. The number of para-hydroxylation sites is 2. The topological polar surface area (TPSA) is 80.4 Å². The Hall–Kier alpha value is -3.94. The summed E-state index contributed by atoms with van der Waals surface area (Å²) in [5.74, 6) is 1.20. The van der Waals surface area contributed by atoms with Crippen LogP contribution in [0.15, 0.2) is 79.0 Å². The smallest absolute Gasteiger partial charge is 0.317 e. The molecule has 8 nitrogen and oxygen atoms in total. The monoisotopic (exact) mass is 424 g/mol. The molecule has 1 amide bonds. The van der Waals surface area contributed by atoms with Gasteiger partial charge in [0.1, 0.15) is 5.75 Å². The van der Waals surface area contributed by atoms with E-state index < -0.39 is 0 Å².